The Labute approximate surface area is 149 Å². The first-order valence-electron chi connectivity index (χ1n) is 8.49. The zero-order valence-corrected chi connectivity index (χ0v) is 14.5. The van der Waals surface area contributed by atoms with Gasteiger partial charge >= 0.3 is 0 Å². The number of β-amino-alcohol motifs (C(OH)–C–C–N with tert-alkyl or cyclic N) is 1. The van der Waals surface area contributed by atoms with Gasteiger partial charge in [0.25, 0.3) is 0 Å². The Kier molecular flexibility index (Phi) is 5.44. The van der Waals surface area contributed by atoms with E-state index in [-0.39, 0.29) is 18.5 Å². The number of rotatable bonds is 4. The van der Waals surface area contributed by atoms with Gasteiger partial charge in [0.2, 0.25) is 0 Å². The van der Waals surface area contributed by atoms with E-state index in [1.165, 1.54) is 17.6 Å². The highest BCUT2D eigenvalue weighted by Crippen LogP contribution is 2.33. The maximum atomic E-state index is 10.3. The van der Waals surface area contributed by atoms with Crippen molar-refractivity contribution in [2.45, 2.75) is 31.6 Å². The van der Waals surface area contributed by atoms with E-state index < -0.39 is 6.10 Å². The third-order valence-electron chi connectivity index (χ3n) is 4.94. The number of aliphatic hydroxyl groups is 1. The van der Waals surface area contributed by atoms with E-state index >= 15 is 0 Å². The predicted octanol–water partition coefficient (Wildman–Crippen LogP) is 3.46. The van der Waals surface area contributed by atoms with Gasteiger partial charge in [0.15, 0.2) is 0 Å². The molecule has 0 radical (unpaired) electrons. The Bertz CT molecular complexity index is 653. The molecule has 0 bridgehead atoms. The van der Waals surface area contributed by atoms with Gasteiger partial charge in [0.1, 0.15) is 18.0 Å². The Balaban J connectivity index is 0.00000169. The van der Waals surface area contributed by atoms with Gasteiger partial charge in [-0.15, -0.1) is 12.4 Å². The quantitative estimate of drug-likeness (QED) is 0.907. The van der Waals surface area contributed by atoms with Crippen LogP contribution in [0.5, 0.6) is 0 Å². The van der Waals surface area contributed by atoms with Crippen LogP contribution in [0, 0.1) is 5.92 Å². The van der Waals surface area contributed by atoms with Gasteiger partial charge in [-0.3, -0.25) is 4.90 Å². The number of aliphatic hydroxyl groups excluding tert-OH is 1. The van der Waals surface area contributed by atoms with Crippen LogP contribution in [0.25, 0.3) is 0 Å². The standard InChI is InChI=1S/C20H23NO2.ClH/c22-19-13-21(12-15-5-2-1-3-6-15)14-20(19)23-18-10-9-16-7-4-8-17(16)11-18;/h1-3,5-6,8-11,16,19-20,22H,4,7,12-14H2;1H/t16?,19-,20-;/m0./s1. The van der Waals surface area contributed by atoms with Crippen molar-refractivity contribution in [2.24, 2.45) is 5.92 Å². The smallest absolute Gasteiger partial charge is 0.138 e. The van der Waals surface area contributed by atoms with Crippen LogP contribution >= 0.6 is 12.4 Å². The Hall–Kier alpha value is -1.55. The van der Waals surface area contributed by atoms with Crippen molar-refractivity contribution in [2.75, 3.05) is 13.1 Å². The second kappa shape index (κ2) is 7.56. The molecular weight excluding hydrogens is 322 g/mol. The van der Waals surface area contributed by atoms with E-state index in [9.17, 15) is 5.11 Å². The minimum Gasteiger partial charge on any atom is -0.486 e. The van der Waals surface area contributed by atoms with Crippen LogP contribution in [0.1, 0.15) is 18.4 Å². The second-order valence-corrected chi connectivity index (χ2v) is 6.70. The molecule has 1 saturated heterocycles. The summed E-state index contributed by atoms with van der Waals surface area (Å²) >= 11 is 0. The predicted molar refractivity (Wildman–Crippen MR) is 97.9 cm³/mol. The highest BCUT2D eigenvalue weighted by atomic mass is 35.5. The Morgan fingerprint density at radius 2 is 2.00 bits per heavy atom. The van der Waals surface area contributed by atoms with Crippen LogP contribution in [0.2, 0.25) is 0 Å². The molecule has 1 heterocycles. The van der Waals surface area contributed by atoms with E-state index in [4.69, 9.17) is 4.74 Å². The average Bonchev–Trinajstić information content (AvgIpc) is 3.15. The number of ether oxygens (including phenoxy) is 1. The summed E-state index contributed by atoms with van der Waals surface area (Å²) in [5, 5.41) is 10.3. The first kappa shape index (κ1) is 17.3. The van der Waals surface area contributed by atoms with E-state index in [2.05, 4.69) is 53.5 Å². The van der Waals surface area contributed by atoms with E-state index in [1.807, 2.05) is 6.07 Å². The van der Waals surface area contributed by atoms with Crippen LogP contribution in [0.15, 0.2) is 66.0 Å². The summed E-state index contributed by atoms with van der Waals surface area (Å²) in [5.41, 5.74) is 2.65. The SMILES string of the molecule is Cl.O[C@H]1CN(Cc2ccccc2)C[C@@H]1OC1=CC2=CCCC2C=C1. The topological polar surface area (TPSA) is 32.7 Å². The molecule has 0 spiro atoms. The van der Waals surface area contributed by atoms with Crippen molar-refractivity contribution < 1.29 is 9.84 Å². The molecule has 3 aliphatic rings. The van der Waals surface area contributed by atoms with Crippen molar-refractivity contribution in [1.82, 2.24) is 4.90 Å². The zero-order valence-electron chi connectivity index (χ0n) is 13.7. The summed E-state index contributed by atoms with van der Waals surface area (Å²) < 4.78 is 6.08. The highest BCUT2D eigenvalue weighted by Gasteiger charge is 2.33. The van der Waals surface area contributed by atoms with Gasteiger partial charge < -0.3 is 9.84 Å². The molecule has 1 aliphatic heterocycles. The van der Waals surface area contributed by atoms with Crippen molar-refractivity contribution in [3.8, 4) is 0 Å². The van der Waals surface area contributed by atoms with Crippen LogP contribution in [-0.4, -0.2) is 35.3 Å². The molecule has 1 aromatic rings. The first-order valence-corrected chi connectivity index (χ1v) is 8.49. The normalized spacial score (nSPS) is 28.8. The van der Waals surface area contributed by atoms with Crippen LogP contribution < -0.4 is 0 Å². The number of allylic oxidation sites excluding steroid dienone is 5. The lowest BCUT2D eigenvalue weighted by Crippen LogP contribution is -2.26. The summed E-state index contributed by atoms with van der Waals surface area (Å²) in [6.07, 6.45) is 10.5. The molecule has 0 amide bonds. The highest BCUT2D eigenvalue weighted by molar-refractivity contribution is 5.85. The van der Waals surface area contributed by atoms with Gasteiger partial charge in [-0.05, 0) is 36.1 Å². The molecule has 2 aliphatic carbocycles. The molecule has 1 fully saturated rings. The summed E-state index contributed by atoms with van der Waals surface area (Å²) in [5.74, 6) is 1.46. The molecule has 4 heteroatoms. The molecule has 4 rings (SSSR count). The first-order chi connectivity index (χ1) is 11.3. The molecule has 1 unspecified atom stereocenters. The average molecular weight is 346 g/mol. The minimum absolute atomic E-state index is 0. The fraction of sp³-hybridized carbons (Fsp3) is 0.400. The van der Waals surface area contributed by atoms with Gasteiger partial charge in [-0.1, -0.05) is 42.5 Å². The summed E-state index contributed by atoms with van der Waals surface area (Å²) in [6.45, 7) is 2.30. The molecule has 128 valence electrons. The van der Waals surface area contributed by atoms with Gasteiger partial charge in [0, 0.05) is 25.6 Å². The third-order valence-corrected chi connectivity index (χ3v) is 4.94. The Morgan fingerprint density at radius 1 is 1.17 bits per heavy atom. The van der Waals surface area contributed by atoms with Crippen LogP contribution in [-0.2, 0) is 11.3 Å². The van der Waals surface area contributed by atoms with Gasteiger partial charge in [0.05, 0.1) is 0 Å². The van der Waals surface area contributed by atoms with E-state index in [1.54, 1.807) is 0 Å². The van der Waals surface area contributed by atoms with Crippen molar-refractivity contribution in [3.63, 3.8) is 0 Å². The number of hydrogen-bond donors (Lipinski definition) is 1. The largest absolute Gasteiger partial charge is 0.486 e. The number of halogens is 1. The molecule has 3 atom stereocenters. The van der Waals surface area contributed by atoms with Crippen LogP contribution in [0.4, 0.5) is 0 Å². The lowest BCUT2D eigenvalue weighted by Gasteiger charge is -2.21. The lowest BCUT2D eigenvalue weighted by atomic mass is 9.96. The third kappa shape index (κ3) is 3.75. The molecule has 1 N–H and O–H groups in total. The summed E-state index contributed by atoms with van der Waals surface area (Å²) in [7, 11) is 0. The number of nitrogens with zero attached hydrogens (tertiary/aromatic N) is 1. The summed E-state index contributed by atoms with van der Waals surface area (Å²) in [4.78, 5) is 2.26. The fourth-order valence-electron chi connectivity index (χ4n) is 3.71. The molecule has 3 nitrogen and oxygen atoms in total. The molecule has 0 aromatic heterocycles. The number of benzene rings is 1. The minimum atomic E-state index is -0.428. The number of fused-ring (bicyclic) bond motifs is 1. The molecule has 1 aromatic carbocycles. The van der Waals surface area contributed by atoms with Crippen molar-refractivity contribution in [1.29, 1.82) is 0 Å². The fourth-order valence-corrected chi connectivity index (χ4v) is 3.71. The maximum Gasteiger partial charge on any atom is 0.138 e. The van der Waals surface area contributed by atoms with E-state index in [0.29, 0.717) is 12.5 Å². The van der Waals surface area contributed by atoms with E-state index in [0.717, 1.165) is 25.3 Å². The van der Waals surface area contributed by atoms with Crippen LogP contribution in [0.3, 0.4) is 0 Å². The molecular formula is C20H24ClNO2. The van der Waals surface area contributed by atoms with Gasteiger partial charge in [-0.2, -0.15) is 0 Å². The van der Waals surface area contributed by atoms with Crippen molar-refractivity contribution >= 4 is 12.4 Å². The number of likely N-dealkylation sites (tertiary alicyclic amines) is 1. The number of hydrogen-bond acceptors (Lipinski definition) is 3. The molecule has 0 saturated carbocycles. The summed E-state index contributed by atoms with van der Waals surface area (Å²) in [6, 6.07) is 10.4. The van der Waals surface area contributed by atoms with Crippen molar-refractivity contribution in [3.05, 3.63) is 71.5 Å². The molecule has 24 heavy (non-hydrogen) atoms. The maximum absolute atomic E-state index is 10.3. The lowest BCUT2D eigenvalue weighted by molar-refractivity contribution is 0.0341. The Morgan fingerprint density at radius 3 is 2.83 bits per heavy atom. The zero-order chi connectivity index (χ0) is 15.6. The van der Waals surface area contributed by atoms with Gasteiger partial charge in [-0.25, -0.2) is 0 Å². The monoisotopic (exact) mass is 345 g/mol. The second-order valence-electron chi connectivity index (χ2n) is 6.70.